The molecule has 0 N–H and O–H groups in total. The van der Waals surface area contributed by atoms with Crippen molar-refractivity contribution in [1.82, 2.24) is 0 Å². The molecule has 0 bridgehead atoms. The fraction of sp³-hybridized carbons (Fsp3) is 0.0909. The largest absolute Gasteiger partial charge is 0.458 e. The maximum Gasteiger partial charge on any atom is 0.330 e. The first kappa shape index (κ1) is 19.0. The zero-order valence-electron chi connectivity index (χ0n) is 14.9. The van der Waals surface area contributed by atoms with Crippen molar-refractivity contribution in [2.24, 2.45) is 0 Å². The van der Waals surface area contributed by atoms with E-state index in [4.69, 9.17) is 9.47 Å². The Hall–Kier alpha value is -3.80. The molecule has 0 fully saturated rings. The molecule has 1 aliphatic rings. The van der Waals surface area contributed by atoms with Crippen LogP contribution in [-0.2, 0) is 32.3 Å². The van der Waals surface area contributed by atoms with Crippen LogP contribution < -0.4 is 0 Å². The van der Waals surface area contributed by atoms with Gasteiger partial charge in [0.15, 0.2) is 11.6 Å². The summed E-state index contributed by atoms with van der Waals surface area (Å²) < 4.78 is 10.1. The van der Waals surface area contributed by atoms with Gasteiger partial charge in [-0.15, -0.1) is 0 Å². The molecule has 6 heteroatoms. The van der Waals surface area contributed by atoms with Gasteiger partial charge in [0.25, 0.3) is 0 Å². The van der Waals surface area contributed by atoms with Gasteiger partial charge in [0, 0.05) is 45.5 Å². The van der Waals surface area contributed by atoms with Crippen LogP contribution in [0.4, 0.5) is 0 Å². The number of benzene rings is 2. The molecule has 0 aromatic heterocycles. The summed E-state index contributed by atoms with van der Waals surface area (Å²) in [5, 5.41) is 0. The highest BCUT2D eigenvalue weighted by atomic mass is 16.5. The van der Waals surface area contributed by atoms with Crippen molar-refractivity contribution in [1.29, 1.82) is 0 Å². The monoisotopic (exact) mass is 376 g/mol. The first-order valence-electron chi connectivity index (χ1n) is 8.39. The highest BCUT2D eigenvalue weighted by molar-refractivity contribution is 6.29. The molecule has 0 aliphatic heterocycles. The number of hydrogen-bond acceptors (Lipinski definition) is 6. The molecule has 0 radical (unpaired) electrons. The molecule has 6 nitrogen and oxygen atoms in total. The molecular weight excluding hydrogens is 360 g/mol. The van der Waals surface area contributed by atoms with Crippen LogP contribution >= 0.6 is 0 Å². The molecule has 1 aliphatic carbocycles. The molecule has 3 rings (SSSR count). The summed E-state index contributed by atoms with van der Waals surface area (Å²) in [5.41, 5.74) is 1.61. The predicted octanol–water partition coefficient (Wildman–Crippen LogP) is 2.92. The van der Waals surface area contributed by atoms with E-state index in [1.165, 1.54) is 0 Å². The maximum absolute atomic E-state index is 13.1. The van der Waals surface area contributed by atoms with Crippen LogP contribution in [0.3, 0.4) is 0 Å². The SMILES string of the molecule is C=CC(=O)OCc1ccc(COC(=O)C=C)c2c1C(=O)c1ccccc1C2=O. The van der Waals surface area contributed by atoms with Crippen molar-refractivity contribution in [3.05, 3.63) is 95.1 Å². The summed E-state index contributed by atoms with van der Waals surface area (Å²) in [6.07, 6.45) is 2.02. The summed E-state index contributed by atoms with van der Waals surface area (Å²) in [4.78, 5) is 49.0. The average molecular weight is 376 g/mol. The van der Waals surface area contributed by atoms with E-state index in [0.717, 1.165) is 12.2 Å². The Morgan fingerprint density at radius 2 is 1.14 bits per heavy atom. The van der Waals surface area contributed by atoms with E-state index in [2.05, 4.69) is 13.2 Å². The summed E-state index contributed by atoms with van der Waals surface area (Å²) in [6, 6.07) is 9.63. The Balaban J connectivity index is 2.12. The number of ether oxygens (including phenoxy) is 2. The van der Waals surface area contributed by atoms with Crippen LogP contribution in [0.25, 0.3) is 0 Å². The van der Waals surface area contributed by atoms with Gasteiger partial charge in [-0.2, -0.15) is 0 Å². The molecule has 0 spiro atoms. The number of carbonyl (C=O) groups is 4. The Labute approximate surface area is 161 Å². The van der Waals surface area contributed by atoms with Crippen molar-refractivity contribution in [3.63, 3.8) is 0 Å². The van der Waals surface area contributed by atoms with Gasteiger partial charge < -0.3 is 9.47 Å². The van der Waals surface area contributed by atoms with Gasteiger partial charge in [0.05, 0.1) is 0 Å². The van der Waals surface area contributed by atoms with Gasteiger partial charge in [0.2, 0.25) is 0 Å². The van der Waals surface area contributed by atoms with Crippen LogP contribution in [0.2, 0.25) is 0 Å². The third-order valence-corrected chi connectivity index (χ3v) is 4.32. The number of ketones is 2. The molecule has 28 heavy (non-hydrogen) atoms. The van der Waals surface area contributed by atoms with Crippen molar-refractivity contribution in [2.75, 3.05) is 0 Å². The molecule has 2 aromatic rings. The molecule has 0 saturated carbocycles. The third kappa shape index (κ3) is 3.40. The molecule has 0 atom stereocenters. The van der Waals surface area contributed by atoms with E-state index in [-0.39, 0.29) is 47.0 Å². The number of esters is 2. The molecule has 0 saturated heterocycles. The lowest BCUT2D eigenvalue weighted by molar-refractivity contribution is -0.139. The molecular formula is C22H16O6. The van der Waals surface area contributed by atoms with Crippen molar-refractivity contribution in [2.45, 2.75) is 13.2 Å². The second kappa shape index (κ2) is 7.84. The standard InChI is InChI=1S/C22H16O6/c1-3-17(23)27-11-13-9-10-14(12-28-18(24)4-2)20-19(13)21(25)15-7-5-6-8-16(15)22(20)26/h3-10H,1-2,11-12H2. The van der Waals surface area contributed by atoms with E-state index < -0.39 is 11.9 Å². The highest BCUT2D eigenvalue weighted by Gasteiger charge is 2.33. The fourth-order valence-electron chi connectivity index (χ4n) is 3.01. The predicted molar refractivity (Wildman–Crippen MR) is 99.7 cm³/mol. The zero-order valence-corrected chi connectivity index (χ0v) is 14.9. The minimum absolute atomic E-state index is 0.146. The van der Waals surface area contributed by atoms with E-state index in [1.54, 1.807) is 36.4 Å². The summed E-state index contributed by atoms with van der Waals surface area (Å²) >= 11 is 0. The van der Waals surface area contributed by atoms with Gasteiger partial charge in [-0.25, -0.2) is 9.59 Å². The Morgan fingerprint density at radius 3 is 1.50 bits per heavy atom. The Kier molecular flexibility index (Phi) is 5.31. The number of hydrogen-bond donors (Lipinski definition) is 0. The zero-order chi connectivity index (χ0) is 20.3. The van der Waals surface area contributed by atoms with Crippen LogP contribution in [0.1, 0.15) is 43.0 Å². The first-order chi connectivity index (χ1) is 13.5. The molecule has 0 heterocycles. The van der Waals surface area contributed by atoms with Crippen LogP contribution in [-0.4, -0.2) is 23.5 Å². The maximum atomic E-state index is 13.1. The van der Waals surface area contributed by atoms with Crippen LogP contribution in [0, 0.1) is 0 Å². The van der Waals surface area contributed by atoms with Crippen molar-refractivity contribution in [3.8, 4) is 0 Å². The van der Waals surface area contributed by atoms with Gasteiger partial charge in [-0.3, -0.25) is 9.59 Å². The lowest BCUT2D eigenvalue weighted by atomic mass is 9.80. The minimum Gasteiger partial charge on any atom is -0.458 e. The highest BCUT2D eigenvalue weighted by Crippen LogP contribution is 2.32. The second-order valence-corrected chi connectivity index (χ2v) is 5.96. The van der Waals surface area contributed by atoms with Gasteiger partial charge >= 0.3 is 11.9 Å². The van der Waals surface area contributed by atoms with E-state index in [9.17, 15) is 19.2 Å². The average Bonchev–Trinajstić information content (AvgIpc) is 2.73. The van der Waals surface area contributed by atoms with Crippen molar-refractivity contribution >= 4 is 23.5 Å². The molecule has 2 aromatic carbocycles. The smallest absolute Gasteiger partial charge is 0.330 e. The summed E-state index contributed by atoms with van der Waals surface area (Å²) in [7, 11) is 0. The van der Waals surface area contributed by atoms with E-state index >= 15 is 0 Å². The number of carbonyl (C=O) groups excluding carboxylic acids is 4. The third-order valence-electron chi connectivity index (χ3n) is 4.32. The van der Waals surface area contributed by atoms with Crippen LogP contribution in [0.5, 0.6) is 0 Å². The Morgan fingerprint density at radius 1 is 0.750 bits per heavy atom. The van der Waals surface area contributed by atoms with Gasteiger partial charge in [0.1, 0.15) is 13.2 Å². The number of fused-ring (bicyclic) bond motifs is 2. The lowest BCUT2D eigenvalue weighted by Gasteiger charge is -2.22. The molecule has 0 amide bonds. The molecule has 0 unspecified atom stereocenters. The minimum atomic E-state index is -0.646. The number of rotatable bonds is 6. The van der Waals surface area contributed by atoms with E-state index in [1.807, 2.05) is 0 Å². The molecule has 140 valence electrons. The van der Waals surface area contributed by atoms with Gasteiger partial charge in [-0.05, 0) is 0 Å². The normalized spacial score (nSPS) is 11.9. The second-order valence-electron chi connectivity index (χ2n) is 5.96. The lowest BCUT2D eigenvalue weighted by Crippen LogP contribution is -2.25. The van der Waals surface area contributed by atoms with E-state index in [0.29, 0.717) is 11.1 Å². The van der Waals surface area contributed by atoms with Crippen LogP contribution in [0.15, 0.2) is 61.7 Å². The summed E-state index contributed by atoms with van der Waals surface area (Å²) in [5.74, 6) is -2.00. The quantitative estimate of drug-likeness (QED) is 0.486. The fourth-order valence-corrected chi connectivity index (χ4v) is 3.01. The first-order valence-corrected chi connectivity index (χ1v) is 8.39. The Bertz CT molecular complexity index is 949. The topological polar surface area (TPSA) is 86.7 Å². The summed E-state index contributed by atoms with van der Waals surface area (Å²) in [6.45, 7) is 6.27. The van der Waals surface area contributed by atoms with Gasteiger partial charge in [-0.1, -0.05) is 49.6 Å². The van der Waals surface area contributed by atoms with Crippen molar-refractivity contribution < 1.29 is 28.7 Å².